The van der Waals surface area contributed by atoms with Gasteiger partial charge in [-0.15, -0.1) is 0 Å². The fourth-order valence-electron chi connectivity index (χ4n) is 4.96. The second-order valence-electron chi connectivity index (χ2n) is 8.29. The smallest absolute Gasteiger partial charge is 0.254 e. The molecule has 2 aliphatic carbocycles. The van der Waals surface area contributed by atoms with Crippen molar-refractivity contribution in [1.82, 2.24) is 19.7 Å². The van der Waals surface area contributed by atoms with Crippen molar-refractivity contribution in [2.75, 3.05) is 13.1 Å². The zero-order chi connectivity index (χ0) is 17.1. The van der Waals surface area contributed by atoms with E-state index in [-0.39, 0.29) is 5.91 Å². The molecular weight excluding hydrogens is 312 g/mol. The molecular formula is C20H26N4O. The van der Waals surface area contributed by atoms with Crippen molar-refractivity contribution in [3.05, 3.63) is 23.0 Å². The lowest BCUT2D eigenvalue weighted by Gasteiger charge is -2.22. The van der Waals surface area contributed by atoms with Crippen molar-refractivity contribution in [2.24, 2.45) is 18.9 Å². The molecule has 3 fully saturated rings. The van der Waals surface area contributed by atoms with Gasteiger partial charge in [0.2, 0.25) is 0 Å². The molecule has 5 nitrogen and oxygen atoms in total. The van der Waals surface area contributed by atoms with Gasteiger partial charge in [-0.2, -0.15) is 5.10 Å². The van der Waals surface area contributed by atoms with E-state index in [0.717, 1.165) is 41.1 Å². The molecule has 0 radical (unpaired) electrons. The quantitative estimate of drug-likeness (QED) is 0.843. The van der Waals surface area contributed by atoms with Crippen LogP contribution < -0.4 is 0 Å². The van der Waals surface area contributed by atoms with Crippen LogP contribution in [0.15, 0.2) is 6.07 Å². The van der Waals surface area contributed by atoms with Gasteiger partial charge in [-0.3, -0.25) is 9.48 Å². The molecule has 2 aromatic rings. The molecule has 132 valence electrons. The van der Waals surface area contributed by atoms with Gasteiger partial charge in [0.05, 0.1) is 16.6 Å². The summed E-state index contributed by atoms with van der Waals surface area (Å²) in [4.78, 5) is 20.4. The molecule has 5 rings (SSSR count). The van der Waals surface area contributed by atoms with Crippen molar-refractivity contribution in [1.29, 1.82) is 0 Å². The zero-order valence-corrected chi connectivity index (χ0v) is 15.2. The highest BCUT2D eigenvalue weighted by Gasteiger charge is 2.38. The lowest BCUT2D eigenvalue weighted by molar-refractivity contribution is 0.0785. The van der Waals surface area contributed by atoms with Crippen molar-refractivity contribution in [3.63, 3.8) is 0 Å². The Morgan fingerprint density at radius 3 is 2.44 bits per heavy atom. The van der Waals surface area contributed by atoms with Crippen LogP contribution in [0.5, 0.6) is 0 Å². The highest BCUT2D eigenvalue weighted by Crippen LogP contribution is 2.41. The molecule has 1 aliphatic heterocycles. The second-order valence-corrected chi connectivity index (χ2v) is 8.29. The van der Waals surface area contributed by atoms with Crippen molar-refractivity contribution >= 4 is 16.9 Å². The molecule has 5 heteroatoms. The van der Waals surface area contributed by atoms with E-state index in [4.69, 9.17) is 4.98 Å². The summed E-state index contributed by atoms with van der Waals surface area (Å²) in [7, 11) is 1.93. The summed E-state index contributed by atoms with van der Waals surface area (Å²) in [5.41, 5.74) is 3.68. The molecule has 2 atom stereocenters. The minimum absolute atomic E-state index is 0.194. The van der Waals surface area contributed by atoms with Gasteiger partial charge < -0.3 is 4.90 Å². The van der Waals surface area contributed by atoms with Gasteiger partial charge in [0.15, 0.2) is 5.65 Å². The van der Waals surface area contributed by atoms with Gasteiger partial charge in [-0.25, -0.2) is 4.98 Å². The highest BCUT2D eigenvalue weighted by molar-refractivity contribution is 6.06. The Kier molecular flexibility index (Phi) is 3.41. The third-order valence-electron chi connectivity index (χ3n) is 6.48. The van der Waals surface area contributed by atoms with Gasteiger partial charge in [0, 0.05) is 31.7 Å². The molecule has 0 aromatic carbocycles. The predicted octanol–water partition coefficient (Wildman–Crippen LogP) is 3.42. The average molecular weight is 338 g/mol. The largest absolute Gasteiger partial charge is 0.338 e. The Labute approximate surface area is 148 Å². The highest BCUT2D eigenvalue weighted by atomic mass is 16.2. The number of hydrogen-bond donors (Lipinski definition) is 0. The number of aryl methyl sites for hydroxylation is 2. The average Bonchev–Trinajstić information content (AvgIpc) is 3.31. The summed E-state index contributed by atoms with van der Waals surface area (Å²) < 4.78 is 1.83. The first-order valence-corrected chi connectivity index (χ1v) is 9.75. The number of carbonyl (C=O) groups excluding carboxylic acids is 1. The van der Waals surface area contributed by atoms with Crippen LogP contribution in [0.2, 0.25) is 0 Å². The third kappa shape index (κ3) is 2.47. The Morgan fingerprint density at radius 1 is 1.12 bits per heavy atom. The molecule has 0 N–H and O–H groups in total. The van der Waals surface area contributed by atoms with Crippen LogP contribution in [0.25, 0.3) is 11.0 Å². The standard InChI is InChI=1S/C20H26N4O/c1-12-18-16(9-17(13-7-8-13)21-19(18)23(2)22-12)20(25)24-10-14-5-3-4-6-15(14)11-24/h9,13-15H,3-8,10-11H2,1-2H3/t14-,15-/m1/s1. The molecule has 0 spiro atoms. The van der Waals surface area contributed by atoms with E-state index in [2.05, 4.69) is 16.1 Å². The van der Waals surface area contributed by atoms with Gasteiger partial charge in [-0.05, 0) is 50.5 Å². The molecule has 1 saturated heterocycles. The Balaban J connectivity index is 1.56. The lowest BCUT2D eigenvalue weighted by atomic mass is 9.82. The van der Waals surface area contributed by atoms with E-state index in [1.165, 1.54) is 38.5 Å². The maximum Gasteiger partial charge on any atom is 0.254 e. The maximum absolute atomic E-state index is 13.4. The minimum atomic E-state index is 0.194. The van der Waals surface area contributed by atoms with Crippen LogP contribution in [-0.2, 0) is 7.05 Å². The third-order valence-corrected chi connectivity index (χ3v) is 6.48. The van der Waals surface area contributed by atoms with E-state index in [0.29, 0.717) is 17.8 Å². The summed E-state index contributed by atoms with van der Waals surface area (Å²) in [6, 6.07) is 2.07. The first-order chi connectivity index (χ1) is 12.1. The van der Waals surface area contributed by atoms with Gasteiger partial charge in [0.25, 0.3) is 5.91 Å². The minimum Gasteiger partial charge on any atom is -0.338 e. The molecule has 3 aliphatic rings. The normalized spacial score (nSPS) is 26.2. The van der Waals surface area contributed by atoms with E-state index in [9.17, 15) is 4.79 Å². The SMILES string of the molecule is Cc1nn(C)c2nc(C3CC3)cc(C(=O)N3C[C@H]4CCCC[C@@H]4C3)c12. The summed E-state index contributed by atoms with van der Waals surface area (Å²) in [5, 5.41) is 5.49. The van der Waals surface area contributed by atoms with Gasteiger partial charge >= 0.3 is 0 Å². The fraction of sp³-hybridized carbons (Fsp3) is 0.650. The van der Waals surface area contributed by atoms with Crippen LogP contribution in [0, 0.1) is 18.8 Å². The summed E-state index contributed by atoms with van der Waals surface area (Å²) >= 11 is 0. The zero-order valence-electron chi connectivity index (χ0n) is 15.2. The molecule has 2 saturated carbocycles. The van der Waals surface area contributed by atoms with Crippen molar-refractivity contribution < 1.29 is 4.79 Å². The van der Waals surface area contributed by atoms with Gasteiger partial charge in [0.1, 0.15) is 0 Å². The predicted molar refractivity (Wildman–Crippen MR) is 96.6 cm³/mol. The summed E-state index contributed by atoms with van der Waals surface area (Å²) in [6.45, 7) is 3.86. The molecule has 25 heavy (non-hydrogen) atoms. The molecule has 0 bridgehead atoms. The van der Waals surface area contributed by atoms with Crippen molar-refractivity contribution in [3.8, 4) is 0 Å². The number of rotatable bonds is 2. The number of aromatic nitrogens is 3. The molecule has 1 amide bonds. The van der Waals surface area contributed by atoms with E-state index >= 15 is 0 Å². The first-order valence-electron chi connectivity index (χ1n) is 9.75. The molecule has 0 unspecified atom stereocenters. The van der Waals surface area contributed by atoms with Crippen LogP contribution in [0.3, 0.4) is 0 Å². The molecule has 3 heterocycles. The number of hydrogen-bond acceptors (Lipinski definition) is 3. The first kappa shape index (κ1) is 15.4. The number of fused-ring (bicyclic) bond motifs is 2. The Hall–Kier alpha value is -1.91. The van der Waals surface area contributed by atoms with E-state index < -0.39 is 0 Å². The van der Waals surface area contributed by atoms with Crippen molar-refractivity contribution in [2.45, 2.75) is 51.4 Å². The van der Waals surface area contributed by atoms with Crippen LogP contribution in [0.4, 0.5) is 0 Å². The summed E-state index contributed by atoms with van der Waals surface area (Å²) in [5.74, 6) is 2.16. The number of carbonyl (C=O) groups is 1. The number of pyridine rings is 1. The van der Waals surface area contributed by atoms with Crippen LogP contribution in [-0.4, -0.2) is 38.7 Å². The Bertz CT molecular complexity index is 837. The maximum atomic E-state index is 13.4. The Morgan fingerprint density at radius 2 is 1.80 bits per heavy atom. The van der Waals surface area contributed by atoms with Gasteiger partial charge in [-0.1, -0.05) is 12.8 Å². The number of nitrogens with zero attached hydrogens (tertiary/aromatic N) is 4. The lowest BCUT2D eigenvalue weighted by Crippen LogP contribution is -2.29. The monoisotopic (exact) mass is 338 g/mol. The molecule has 2 aromatic heterocycles. The number of amides is 1. The van der Waals surface area contributed by atoms with E-state index in [1.54, 1.807) is 0 Å². The second kappa shape index (κ2) is 5.55. The summed E-state index contributed by atoms with van der Waals surface area (Å²) in [6.07, 6.45) is 7.62. The number of likely N-dealkylation sites (tertiary alicyclic amines) is 1. The van der Waals surface area contributed by atoms with Crippen LogP contribution >= 0.6 is 0 Å². The van der Waals surface area contributed by atoms with Crippen LogP contribution in [0.1, 0.15) is 66.2 Å². The van der Waals surface area contributed by atoms with E-state index in [1.807, 2.05) is 18.7 Å². The topological polar surface area (TPSA) is 51.0 Å². The fourth-order valence-corrected chi connectivity index (χ4v) is 4.96.